The van der Waals surface area contributed by atoms with Crippen molar-refractivity contribution >= 4 is 8.68 Å². The molecular weight excluding hydrogens is 116 g/mol. The SMILES string of the molecule is C[Si](=O)CC(C)(C)C. The van der Waals surface area contributed by atoms with Crippen molar-refractivity contribution in [2.45, 2.75) is 33.4 Å². The summed E-state index contributed by atoms with van der Waals surface area (Å²) >= 11 is 0. The van der Waals surface area contributed by atoms with Crippen LogP contribution in [0.4, 0.5) is 0 Å². The summed E-state index contributed by atoms with van der Waals surface area (Å²) in [6, 6.07) is 0.873. The molecule has 0 rings (SSSR count). The predicted molar refractivity (Wildman–Crippen MR) is 36.6 cm³/mol. The topological polar surface area (TPSA) is 17.1 Å². The molecule has 0 unspecified atom stereocenters. The Hall–Kier alpha value is 0.0169. The third kappa shape index (κ3) is 6.02. The molecule has 0 radical (unpaired) electrons. The molecular formula is C6H14OSi. The Bertz CT molecular complexity index is 91.2. The minimum atomic E-state index is -1.24. The zero-order valence-electron chi connectivity index (χ0n) is 6.12. The van der Waals surface area contributed by atoms with Crippen LogP contribution < -0.4 is 0 Å². The fourth-order valence-electron chi connectivity index (χ4n) is 0.747. The van der Waals surface area contributed by atoms with Gasteiger partial charge in [-0.25, -0.2) is 0 Å². The van der Waals surface area contributed by atoms with E-state index in [-0.39, 0.29) is 5.41 Å². The molecule has 0 aromatic carbocycles. The van der Waals surface area contributed by atoms with E-state index in [4.69, 9.17) is 0 Å². The Morgan fingerprint density at radius 3 is 1.75 bits per heavy atom. The molecule has 0 aliphatic carbocycles. The van der Waals surface area contributed by atoms with Crippen molar-refractivity contribution in [3.63, 3.8) is 0 Å². The van der Waals surface area contributed by atoms with Crippen LogP contribution in [0.1, 0.15) is 20.8 Å². The van der Waals surface area contributed by atoms with E-state index in [9.17, 15) is 4.46 Å². The van der Waals surface area contributed by atoms with Crippen molar-refractivity contribution in [1.29, 1.82) is 0 Å². The van der Waals surface area contributed by atoms with E-state index in [1.807, 2.05) is 6.55 Å². The summed E-state index contributed by atoms with van der Waals surface area (Å²) in [6.45, 7) is 8.15. The largest absolute Gasteiger partial charge is 0.389 e. The van der Waals surface area contributed by atoms with Gasteiger partial charge in [0.15, 0.2) is 0 Å². The monoisotopic (exact) mass is 130 g/mol. The average Bonchev–Trinajstić information content (AvgIpc) is 1.21. The van der Waals surface area contributed by atoms with Gasteiger partial charge in [-0.2, -0.15) is 0 Å². The lowest BCUT2D eigenvalue weighted by atomic mass is 10.0. The highest BCUT2D eigenvalue weighted by Crippen LogP contribution is 2.18. The zero-order chi connectivity index (χ0) is 6.78. The van der Waals surface area contributed by atoms with Crippen molar-refractivity contribution in [1.82, 2.24) is 0 Å². The lowest BCUT2D eigenvalue weighted by Gasteiger charge is -2.13. The normalized spacial score (nSPS) is 11.5. The van der Waals surface area contributed by atoms with E-state index in [0.717, 1.165) is 6.04 Å². The van der Waals surface area contributed by atoms with Crippen LogP contribution in [0.25, 0.3) is 0 Å². The number of hydrogen-bond acceptors (Lipinski definition) is 1. The first-order chi connectivity index (χ1) is 3.42. The molecule has 0 aliphatic rings. The van der Waals surface area contributed by atoms with Crippen LogP contribution in [0.2, 0.25) is 12.6 Å². The molecule has 2 heteroatoms. The smallest absolute Gasteiger partial charge is 0.273 e. The Morgan fingerprint density at radius 2 is 1.75 bits per heavy atom. The van der Waals surface area contributed by atoms with E-state index in [1.54, 1.807) is 0 Å². The average molecular weight is 130 g/mol. The molecule has 0 aromatic heterocycles. The standard InChI is InChI=1S/C6H14OSi/c1-6(2,3)5-8(4)7/h5H2,1-4H3. The second kappa shape index (κ2) is 2.53. The first-order valence-electron chi connectivity index (χ1n) is 2.91. The van der Waals surface area contributed by atoms with E-state index >= 15 is 0 Å². The molecule has 1 nitrogen and oxygen atoms in total. The number of hydrogen-bond donors (Lipinski definition) is 0. The van der Waals surface area contributed by atoms with E-state index in [0.29, 0.717) is 0 Å². The third-order valence-corrected chi connectivity index (χ3v) is 2.34. The Labute approximate surface area is 52.8 Å². The van der Waals surface area contributed by atoms with Gasteiger partial charge in [0, 0.05) is 0 Å². The first-order valence-corrected chi connectivity index (χ1v) is 5.03. The summed E-state index contributed by atoms with van der Waals surface area (Å²) in [5.41, 5.74) is 0.255. The van der Waals surface area contributed by atoms with Gasteiger partial charge in [-0.15, -0.1) is 0 Å². The molecule has 0 atom stereocenters. The predicted octanol–water partition coefficient (Wildman–Crippen LogP) is 2.08. The Balaban J connectivity index is 3.55. The van der Waals surface area contributed by atoms with Gasteiger partial charge in [-0.3, -0.25) is 0 Å². The van der Waals surface area contributed by atoms with Gasteiger partial charge in [0.1, 0.15) is 0 Å². The third-order valence-electron chi connectivity index (χ3n) is 0.779. The molecule has 48 valence electrons. The van der Waals surface area contributed by atoms with Crippen LogP contribution in [0.3, 0.4) is 0 Å². The van der Waals surface area contributed by atoms with Crippen molar-refractivity contribution in [3.8, 4) is 0 Å². The van der Waals surface area contributed by atoms with Gasteiger partial charge in [0.25, 0.3) is 8.68 Å². The quantitative estimate of drug-likeness (QED) is 0.497. The lowest BCUT2D eigenvalue weighted by molar-refractivity contribution is 0.447. The van der Waals surface area contributed by atoms with Crippen LogP contribution >= 0.6 is 0 Å². The maximum atomic E-state index is 10.6. The summed E-state index contributed by atoms with van der Waals surface area (Å²) in [4.78, 5) is 0. The molecule has 0 fully saturated rings. The van der Waals surface area contributed by atoms with E-state index < -0.39 is 8.68 Å². The lowest BCUT2D eigenvalue weighted by Crippen LogP contribution is -2.09. The summed E-state index contributed by atoms with van der Waals surface area (Å²) in [5.74, 6) is 0. The fourth-order valence-corrected chi connectivity index (χ4v) is 2.24. The summed E-state index contributed by atoms with van der Waals surface area (Å²) in [6.07, 6.45) is 0. The molecule has 0 N–H and O–H groups in total. The van der Waals surface area contributed by atoms with Gasteiger partial charge in [0.05, 0.1) is 0 Å². The molecule has 8 heavy (non-hydrogen) atoms. The summed E-state index contributed by atoms with van der Waals surface area (Å²) in [5, 5.41) is 0. The molecule has 0 aromatic rings. The molecule has 0 saturated heterocycles. The van der Waals surface area contributed by atoms with Crippen LogP contribution in [0, 0.1) is 5.41 Å². The summed E-state index contributed by atoms with van der Waals surface area (Å²) < 4.78 is 10.6. The second-order valence-corrected chi connectivity index (χ2v) is 5.20. The van der Waals surface area contributed by atoms with Crippen LogP contribution in [0.5, 0.6) is 0 Å². The van der Waals surface area contributed by atoms with Gasteiger partial charge >= 0.3 is 0 Å². The molecule has 0 heterocycles. The van der Waals surface area contributed by atoms with Gasteiger partial charge < -0.3 is 4.46 Å². The summed E-state index contributed by atoms with van der Waals surface area (Å²) in [7, 11) is -1.24. The van der Waals surface area contributed by atoms with Gasteiger partial charge in [-0.05, 0) is 18.0 Å². The molecule has 0 bridgehead atoms. The zero-order valence-corrected chi connectivity index (χ0v) is 7.12. The Kier molecular flexibility index (Phi) is 2.54. The minimum absolute atomic E-state index is 0.255. The van der Waals surface area contributed by atoms with Gasteiger partial charge in [-0.1, -0.05) is 20.8 Å². The molecule has 0 saturated carbocycles. The van der Waals surface area contributed by atoms with Gasteiger partial charge in [0.2, 0.25) is 0 Å². The van der Waals surface area contributed by atoms with E-state index in [1.165, 1.54) is 0 Å². The first kappa shape index (κ1) is 8.02. The van der Waals surface area contributed by atoms with Crippen molar-refractivity contribution in [2.24, 2.45) is 5.41 Å². The second-order valence-electron chi connectivity index (χ2n) is 3.44. The van der Waals surface area contributed by atoms with Crippen LogP contribution in [-0.4, -0.2) is 8.68 Å². The highest BCUT2D eigenvalue weighted by molar-refractivity contribution is 6.41. The maximum Gasteiger partial charge on any atom is 0.273 e. The molecule has 0 spiro atoms. The van der Waals surface area contributed by atoms with Crippen LogP contribution in [0.15, 0.2) is 0 Å². The molecule has 0 aliphatic heterocycles. The van der Waals surface area contributed by atoms with Crippen molar-refractivity contribution < 1.29 is 4.46 Å². The van der Waals surface area contributed by atoms with E-state index in [2.05, 4.69) is 20.8 Å². The van der Waals surface area contributed by atoms with Crippen LogP contribution in [-0.2, 0) is 4.46 Å². The highest BCUT2D eigenvalue weighted by atomic mass is 28.3. The highest BCUT2D eigenvalue weighted by Gasteiger charge is 2.13. The fraction of sp³-hybridized carbons (Fsp3) is 1.00. The number of rotatable bonds is 1. The van der Waals surface area contributed by atoms with Crippen molar-refractivity contribution in [2.75, 3.05) is 0 Å². The maximum absolute atomic E-state index is 10.6. The molecule has 0 amide bonds. The minimum Gasteiger partial charge on any atom is -0.389 e. The van der Waals surface area contributed by atoms with Crippen molar-refractivity contribution in [3.05, 3.63) is 0 Å². The Morgan fingerprint density at radius 1 is 1.38 bits per heavy atom.